The number of aromatic hydroxyl groups is 2. The lowest BCUT2D eigenvalue weighted by atomic mass is 9.75. The highest BCUT2D eigenvalue weighted by Gasteiger charge is 2.30. The van der Waals surface area contributed by atoms with Crippen LogP contribution < -0.4 is 0 Å². The van der Waals surface area contributed by atoms with Crippen LogP contribution in [0.15, 0.2) is 36.4 Å². The highest BCUT2D eigenvalue weighted by molar-refractivity contribution is 6.05. The highest BCUT2D eigenvalue weighted by Crippen LogP contribution is 2.45. The van der Waals surface area contributed by atoms with Crippen LogP contribution in [0.3, 0.4) is 0 Å². The van der Waals surface area contributed by atoms with Crippen LogP contribution >= 0.6 is 0 Å². The molecule has 2 heteroatoms. The van der Waals surface area contributed by atoms with Crippen molar-refractivity contribution < 1.29 is 10.2 Å². The maximum Gasteiger partial charge on any atom is 0.123 e. The van der Waals surface area contributed by atoms with Crippen LogP contribution in [0.2, 0.25) is 0 Å². The summed E-state index contributed by atoms with van der Waals surface area (Å²) in [6.45, 7) is 29.9. The fourth-order valence-corrected chi connectivity index (χ4v) is 4.82. The molecule has 0 aromatic heterocycles. The molecule has 2 aromatic carbocycles. The fourth-order valence-electron chi connectivity index (χ4n) is 4.82. The second kappa shape index (κ2) is 9.77. The first-order valence-corrected chi connectivity index (χ1v) is 13.2. The summed E-state index contributed by atoms with van der Waals surface area (Å²) in [5.41, 5.74) is 7.46. The van der Waals surface area contributed by atoms with Gasteiger partial charge in [0.05, 0.1) is 0 Å². The molecule has 0 aliphatic carbocycles. The van der Waals surface area contributed by atoms with E-state index in [0.29, 0.717) is 11.5 Å². The van der Waals surface area contributed by atoms with Gasteiger partial charge in [0.25, 0.3) is 0 Å². The van der Waals surface area contributed by atoms with Gasteiger partial charge in [-0.3, -0.25) is 0 Å². The minimum Gasteiger partial charge on any atom is -0.507 e. The Hall–Kier alpha value is -2.48. The Bertz CT molecular complexity index is 1010. The van der Waals surface area contributed by atoms with Gasteiger partial charge < -0.3 is 10.2 Å². The van der Waals surface area contributed by atoms with E-state index in [4.69, 9.17) is 0 Å². The second-order valence-corrected chi connectivity index (χ2v) is 14.2. The number of benzene rings is 2. The van der Waals surface area contributed by atoms with Gasteiger partial charge in [-0.05, 0) is 82.0 Å². The first kappa shape index (κ1) is 29.7. The summed E-state index contributed by atoms with van der Waals surface area (Å²) in [7, 11) is 0. The van der Waals surface area contributed by atoms with Gasteiger partial charge in [0.1, 0.15) is 11.5 Å². The summed E-state index contributed by atoms with van der Waals surface area (Å²) < 4.78 is 0. The summed E-state index contributed by atoms with van der Waals surface area (Å²) >= 11 is 0. The average Bonchev–Trinajstić information content (AvgIpc) is 2.69. The van der Waals surface area contributed by atoms with Crippen LogP contribution in [0.25, 0.3) is 11.1 Å². The third-order valence-electron chi connectivity index (χ3n) is 6.94. The summed E-state index contributed by atoms with van der Waals surface area (Å²) in [4.78, 5) is 0. The lowest BCUT2D eigenvalue weighted by molar-refractivity contribution is 0.422. The molecule has 0 saturated heterocycles. The number of phenols is 2. The molecule has 2 nitrogen and oxygen atoms in total. The van der Waals surface area contributed by atoms with E-state index in [2.05, 4.69) is 133 Å². The zero-order valence-corrected chi connectivity index (χ0v) is 25.4. The molecule has 0 radical (unpaired) electrons. The van der Waals surface area contributed by atoms with E-state index in [0.717, 1.165) is 44.5 Å². The molecular weight excluding hydrogens is 440 g/mol. The van der Waals surface area contributed by atoms with Crippen LogP contribution in [0.4, 0.5) is 0 Å². The lowest BCUT2D eigenvalue weighted by Crippen LogP contribution is -2.18. The standard InChI is InChI=1S/C34H50O2/c1-15-23(21-17-25(31(3,4)5)29(35)26(18-21)32(6,7)8)24(16-2)22-19-27(33(9,10)11)30(36)28(20-22)34(12,13)14/h15-20,35-36H,1-14H3/b23-15-,24-16-. The van der Waals surface area contributed by atoms with E-state index < -0.39 is 0 Å². The minimum atomic E-state index is -0.202. The van der Waals surface area contributed by atoms with Crippen molar-refractivity contribution in [3.8, 4) is 11.5 Å². The van der Waals surface area contributed by atoms with Gasteiger partial charge in [-0.25, -0.2) is 0 Å². The third-order valence-corrected chi connectivity index (χ3v) is 6.94. The van der Waals surface area contributed by atoms with Gasteiger partial charge in [-0.1, -0.05) is 95.2 Å². The van der Waals surface area contributed by atoms with E-state index in [1.54, 1.807) is 0 Å². The molecule has 0 saturated carbocycles. The van der Waals surface area contributed by atoms with Gasteiger partial charge >= 0.3 is 0 Å². The van der Waals surface area contributed by atoms with Crippen molar-refractivity contribution in [2.75, 3.05) is 0 Å². The Morgan fingerprint density at radius 1 is 0.472 bits per heavy atom. The Morgan fingerprint density at radius 2 is 0.667 bits per heavy atom. The lowest BCUT2D eigenvalue weighted by Gasteiger charge is -2.30. The molecule has 36 heavy (non-hydrogen) atoms. The van der Waals surface area contributed by atoms with Crippen LogP contribution in [0.1, 0.15) is 130 Å². The van der Waals surface area contributed by atoms with Gasteiger partial charge in [0, 0.05) is 22.3 Å². The van der Waals surface area contributed by atoms with Crippen molar-refractivity contribution in [1.29, 1.82) is 0 Å². The Labute approximate surface area is 221 Å². The summed E-state index contributed by atoms with van der Waals surface area (Å²) in [5, 5.41) is 22.5. The van der Waals surface area contributed by atoms with Gasteiger partial charge in [-0.2, -0.15) is 0 Å². The molecule has 0 heterocycles. The van der Waals surface area contributed by atoms with Crippen LogP contribution in [-0.4, -0.2) is 10.2 Å². The van der Waals surface area contributed by atoms with Crippen molar-refractivity contribution in [2.24, 2.45) is 0 Å². The molecule has 0 spiro atoms. The van der Waals surface area contributed by atoms with Crippen molar-refractivity contribution in [3.63, 3.8) is 0 Å². The second-order valence-electron chi connectivity index (χ2n) is 14.2. The predicted molar refractivity (Wildman–Crippen MR) is 158 cm³/mol. The van der Waals surface area contributed by atoms with E-state index in [-0.39, 0.29) is 21.7 Å². The Morgan fingerprint density at radius 3 is 0.806 bits per heavy atom. The molecule has 0 aliphatic heterocycles. The van der Waals surface area contributed by atoms with Crippen LogP contribution in [0.5, 0.6) is 11.5 Å². The van der Waals surface area contributed by atoms with E-state index in [1.807, 2.05) is 0 Å². The minimum absolute atomic E-state index is 0.202. The van der Waals surface area contributed by atoms with Crippen molar-refractivity contribution >= 4 is 11.1 Å². The average molecular weight is 491 g/mol. The van der Waals surface area contributed by atoms with Crippen molar-refractivity contribution in [2.45, 2.75) is 119 Å². The maximum atomic E-state index is 11.3. The van der Waals surface area contributed by atoms with E-state index >= 15 is 0 Å². The van der Waals surface area contributed by atoms with Gasteiger partial charge in [0.15, 0.2) is 0 Å². The number of allylic oxidation sites excluding steroid dienone is 4. The molecular formula is C34H50O2. The zero-order valence-electron chi connectivity index (χ0n) is 25.4. The number of hydrogen-bond acceptors (Lipinski definition) is 2. The summed E-state index contributed by atoms with van der Waals surface area (Å²) in [5.74, 6) is 0.789. The van der Waals surface area contributed by atoms with Crippen molar-refractivity contribution in [1.82, 2.24) is 0 Å². The van der Waals surface area contributed by atoms with Crippen LogP contribution in [0, 0.1) is 0 Å². The highest BCUT2D eigenvalue weighted by atomic mass is 16.3. The molecule has 2 N–H and O–H groups in total. The summed E-state index contributed by atoms with van der Waals surface area (Å²) in [6.07, 6.45) is 4.34. The molecule has 2 rings (SSSR count). The Kier molecular flexibility index (Phi) is 8.07. The Balaban J connectivity index is 2.93. The first-order valence-electron chi connectivity index (χ1n) is 13.2. The number of phenolic OH excluding ortho intramolecular Hbond substituents is 2. The van der Waals surface area contributed by atoms with Crippen molar-refractivity contribution in [3.05, 3.63) is 69.8 Å². The normalized spacial score (nSPS) is 14.4. The molecule has 0 bridgehead atoms. The molecule has 0 aliphatic rings. The maximum absolute atomic E-state index is 11.3. The number of hydrogen-bond donors (Lipinski definition) is 2. The van der Waals surface area contributed by atoms with E-state index in [1.165, 1.54) is 0 Å². The molecule has 0 amide bonds. The third kappa shape index (κ3) is 6.07. The largest absolute Gasteiger partial charge is 0.507 e. The monoisotopic (exact) mass is 490 g/mol. The van der Waals surface area contributed by atoms with Gasteiger partial charge in [-0.15, -0.1) is 0 Å². The molecule has 2 aromatic rings. The molecule has 0 fully saturated rings. The van der Waals surface area contributed by atoms with E-state index in [9.17, 15) is 10.2 Å². The number of rotatable bonds is 3. The molecule has 0 atom stereocenters. The fraction of sp³-hybridized carbons (Fsp3) is 0.529. The zero-order chi connectivity index (χ0) is 28.0. The topological polar surface area (TPSA) is 40.5 Å². The van der Waals surface area contributed by atoms with Gasteiger partial charge in [0.2, 0.25) is 0 Å². The quantitative estimate of drug-likeness (QED) is 0.420. The SMILES string of the molecule is C/C=C(\C(=C/C)c1cc(C(C)(C)C)c(O)c(C(C)(C)C)c1)c1cc(C(C)(C)C)c(O)c(C(C)(C)C)c1. The summed E-state index contributed by atoms with van der Waals surface area (Å²) in [6, 6.07) is 8.61. The molecule has 198 valence electrons. The predicted octanol–water partition coefficient (Wildman–Crippen LogP) is 9.79. The molecule has 0 unspecified atom stereocenters. The van der Waals surface area contributed by atoms with Crippen LogP contribution in [-0.2, 0) is 21.7 Å². The first-order chi connectivity index (χ1) is 16.1. The smallest absolute Gasteiger partial charge is 0.123 e.